The van der Waals surface area contributed by atoms with Crippen LogP contribution in [0.5, 0.6) is 0 Å². The van der Waals surface area contributed by atoms with E-state index in [2.05, 4.69) is 26.0 Å². The van der Waals surface area contributed by atoms with E-state index in [0.29, 0.717) is 3.79 Å². The smallest absolute Gasteiger partial charge is 0.305 e. The van der Waals surface area contributed by atoms with Crippen LogP contribution in [0.3, 0.4) is 0 Å². The van der Waals surface area contributed by atoms with Gasteiger partial charge in [-0.3, -0.25) is 9.59 Å². The van der Waals surface area contributed by atoms with Crippen molar-refractivity contribution >= 4 is 49.2 Å². The molecule has 0 aliphatic heterocycles. The summed E-state index contributed by atoms with van der Waals surface area (Å²) in [6, 6.07) is 3.01. The zero-order valence-corrected chi connectivity index (χ0v) is 12.8. The molecule has 106 valence electrons. The van der Waals surface area contributed by atoms with Crippen LogP contribution in [0.25, 0.3) is 0 Å². The number of thiophene rings is 1. The van der Waals surface area contributed by atoms with Gasteiger partial charge in [-0.1, -0.05) is 0 Å². The van der Waals surface area contributed by atoms with Gasteiger partial charge in [0, 0.05) is 6.54 Å². The number of hydrogen-bond acceptors (Lipinski definition) is 5. The number of hydrogen-bond donors (Lipinski definition) is 3. The van der Waals surface area contributed by atoms with Crippen LogP contribution in [0.1, 0.15) is 6.42 Å². The monoisotopic (exact) mass is 370 g/mol. The summed E-state index contributed by atoms with van der Waals surface area (Å²) in [6.45, 7) is -0.474. The standard InChI is InChI=1S/C9H11BrN2O5S2/c10-6-1-2-9(18-6)19(16,17)12-5-7(13)11-4-3-8(14)15/h1-2,12H,3-5H2,(H,11,13)(H,14,15). The Labute approximate surface area is 122 Å². The average Bonchev–Trinajstić information content (AvgIpc) is 2.74. The summed E-state index contributed by atoms with van der Waals surface area (Å²) in [5.41, 5.74) is 0. The number of nitrogens with one attached hydrogen (secondary N) is 2. The molecule has 0 aliphatic carbocycles. The first-order chi connectivity index (χ1) is 8.81. The molecule has 19 heavy (non-hydrogen) atoms. The maximum Gasteiger partial charge on any atom is 0.305 e. The molecule has 0 spiro atoms. The van der Waals surface area contributed by atoms with E-state index in [1.54, 1.807) is 6.07 Å². The van der Waals surface area contributed by atoms with E-state index < -0.39 is 28.4 Å². The summed E-state index contributed by atoms with van der Waals surface area (Å²) in [6.07, 6.45) is -0.212. The van der Waals surface area contributed by atoms with Crippen molar-refractivity contribution in [3.05, 3.63) is 15.9 Å². The fourth-order valence-corrected chi connectivity index (χ4v) is 4.08. The first kappa shape index (κ1) is 16.1. The molecule has 0 saturated carbocycles. The van der Waals surface area contributed by atoms with Crippen LogP contribution >= 0.6 is 27.3 Å². The molecule has 0 atom stereocenters. The Hall–Kier alpha value is -0.970. The van der Waals surface area contributed by atoms with E-state index in [-0.39, 0.29) is 17.2 Å². The molecule has 0 aliphatic rings. The van der Waals surface area contributed by atoms with Crippen LogP contribution in [-0.2, 0) is 19.6 Å². The molecule has 0 radical (unpaired) electrons. The van der Waals surface area contributed by atoms with Crippen LogP contribution in [-0.4, -0.2) is 38.5 Å². The number of aliphatic carboxylic acids is 1. The second-order valence-electron chi connectivity index (χ2n) is 3.38. The topological polar surface area (TPSA) is 113 Å². The van der Waals surface area contributed by atoms with E-state index in [1.807, 2.05) is 0 Å². The Morgan fingerprint density at radius 1 is 1.37 bits per heavy atom. The highest BCUT2D eigenvalue weighted by Crippen LogP contribution is 2.25. The van der Waals surface area contributed by atoms with Gasteiger partial charge in [-0.15, -0.1) is 11.3 Å². The fraction of sp³-hybridized carbons (Fsp3) is 0.333. The lowest BCUT2D eigenvalue weighted by atomic mass is 10.4. The lowest BCUT2D eigenvalue weighted by molar-refractivity contribution is -0.136. The predicted octanol–water partition coefficient (Wildman–Crippen LogP) is 0.380. The molecule has 1 amide bonds. The van der Waals surface area contributed by atoms with E-state index >= 15 is 0 Å². The molecule has 0 bridgehead atoms. The molecule has 0 aromatic carbocycles. The zero-order valence-electron chi connectivity index (χ0n) is 9.55. The van der Waals surface area contributed by atoms with Gasteiger partial charge >= 0.3 is 5.97 Å². The number of carboxylic acids is 1. The van der Waals surface area contributed by atoms with Gasteiger partial charge < -0.3 is 10.4 Å². The zero-order chi connectivity index (χ0) is 14.5. The third-order valence-corrected chi connectivity index (χ3v) is 5.41. The number of sulfonamides is 1. The summed E-state index contributed by atoms with van der Waals surface area (Å²) in [5.74, 6) is -1.62. The minimum absolute atomic E-state index is 0.0412. The predicted molar refractivity (Wildman–Crippen MR) is 72.5 cm³/mol. The van der Waals surface area contributed by atoms with Crippen LogP contribution < -0.4 is 10.0 Å². The quantitative estimate of drug-likeness (QED) is 0.642. The lowest BCUT2D eigenvalue weighted by Gasteiger charge is -2.05. The van der Waals surface area contributed by atoms with Gasteiger partial charge in [0.2, 0.25) is 5.91 Å². The molecular weight excluding hydrogens is 360 g/mol. The van der Waals surface area contributed by atoms with E-state index in [0.717, 1.165) is 11.3 Å². The largest absolute Gasteiger partial charge is 0.481 e. The van der Waals surface area contributed by atoms with E-state index in [9.17, 15) is 18.0 Å². The number of carbonyl (C=O) groups is 2. The van der Waals surface area contributed by atoms with Crippen molar-refractivity contribution in [1.29, 1.82) is 0 Å². The van der Waals surface area contributed by atoms with Crippen LogP contribution in [0.4, 0.5) is 0 Å². The molecule has 1 heterocycles. The number of carboxylic acid groups (broad SMARTS) is 1. The first-order valence-electron chi connectivity index (χ1n) is 5.05. The highest BCUT2D eigenvalue weighted by molar-refractivity contribution is 9.11. The van der Waals surface area contributed by atoms with Gasteiger partial charge in [0.25, 0.3) is 10.0 Å². The molecule has 1 aromatic rings. The van der Waals surface area contributed by atoms with Crippen molar-refractivity contribution in [3.63, 3.8) is 0 Å². The third kappa shape index (κ3) is 5.68. The van der Waals surface area contributed by atoms with Crippen molar-refractivity contribution in [3.8, 4) is 0 Å². The van der Waals surface area contributed by atoms with Crippen LogP contribution in [0, 0.1) is 0 Å². The molecule has 1 rings (SSSR count). The summed E-state index contributed by atoms with van der Waals surface area (Å²) >= 11 is 4.17. The Kier molecular flexibility index (Phi) is 5.91. The third-order valence-electron chi connectivity index (χ3n) is 1.90. The van der Waals surface area contributed by atoms with Crippen molar-refractivity contribution < 1.29 is 23.1 Å². The molecule has 0 unspecified atom stereocenters. The minimum Gasteiger partial charge on any atom is -0.481 e. The Morgan fingerprint density at radius 3 is 2.58 bits per heavy atom. The van der Waals surface area contributed by atoms with Gasteiger partial charge in [0.1, 0.15) is 4.21 Å². The summed E-state index contributed by atoms with van der Waals surface area (Å²) in [7, 11) is -3.71. The van der Waals surface area contributed by atoms with Gasteiger partial charge in [0.05, 0.1) is 16.8 Å². The van der Waals surface area contributed by atoms with E-state index in [4.69, 9.17) is 5.11 Å². The number of carbonyl (C=O) groups excluding carboxylic acids is 1. The van der Waals surface area contributed by atoms with Crippen molar-refractivity contribution in [2.24, 2.45) is 0 Å². The summed E-state index contributed by atoms with van der Waals surface area (Å²) in [5, 5.41) is 10.7. The SMILES string of the molecule is O=C(O)CCNC(=O)CNS(=O)(=O)c1ccc(Br)s1. The lowest BCUT2D eigenvalue weighted by Crippen LogP contribution is -2.37. The summed E-state index contributed by atoms with van der Waals surface area (Å²) < 4.78 is 26.4. The number of halogens is 1. The molecule has 0 saturated heterocycles. The maximum atomic E-state index is 11.7. The number of amides is 1. The fourth-order valence-electron chi connectivity index (χ4n) is 1.05. The highest BCUT2D eigenvalue weighted by atomic mass is 79.9. The average molecular weight is 371 g/mol. The molecule has 10 heteroatoms. The van der Waals surface area contributed by atoms with E-state index in [1.165, 1.54) is 6.07 Å². The Bertz CT molecular complexity index is 569. The highest BCUT2D eigenvalue weighted by Gasteiger charge is 2.17. The molecule has 1 aromatic heterocycles. The second kappa shape index (κ2) is 6.98. The minimum atomic E-state index is -3.71. The number of rotatable bonds is 7. The van der Waals surface area contributed by atoms with Crippen LogP contribution in [0.2, 0.25) is 0 Å². The van der Waals surface area contributed by atoms with Crippen molar-refractivity contribution in [2.75, 3.05) is 13.1 Å². The first-order valence-corrected chi connectivity index (χ1v) is 8.14. The van der Waals surface area contributed by atoms with Gasteiger partial charge in [-0.2, -0.15) is 0 Å². The van der Waals surface area contributed by atoms with Crippen molar-refractivity contribution in [1.82, 2.24) is 10.0 Å². The van der Waals surface area contributed by atoms with Gasteiger partial charge in [0.15, 0.2) is 0 Å². The summed E-state index contributed by atoms with van der Waals surface area (Å²) in [4.78, 5) is 21.5. The normalized spacial score (nSPS) is 11.2. The maximum absolute atomic E-state index is 11.7. The van der Waals surface area contributed by atoms with Crippen LogP contribution in [0.15, 0.2) is 20.1 Å². The van der Waals surface area contributed by atoms with Gasteiger partial charge in [-0.25, -0.2) is 13.1 Å². The molecule has 7 nitrogen and oxygen atoms in total. The second-order valence-corrected chi connectivity index (χ2v) is 7.83. The Balaban J connectivity index is 2.43. The Morgan fingerprint density at radius 2 is 2.05 bits per heavy atom. The molecule has 0 fully saturated rings. The molecular formula is C9H11BrN2O5S2. The van der Waals surface area contributed by atoms with Gasteiger partial charge in [-0.05, 0) is 28.1 Å². The van der Waals surface area contributed by atoms with Crippen molar-refractivity contribution in [2.45, 2.75) is 10.6 Å². The molecule has 3 N–H and O–H groups in total.